The van der Waals surface area contributed by atoms with Gasteiger partial charge in [0.2, 0.25) is 5.95 Å². The van der Waals surface area contributed by atoms with Crippen LogP contribution in [0.25, 0.3) is 11.3 Å². The zero-order valence-electron chi connectivity index (χ0n) is 23.8. The van der Waals surface area contributed by atoms with Crippen LogP contribution in [-0.2, 0) is 0 Å². The number of rotatable bonds is 7. The molecule has 4 aromatic rings. The first-order chi connectivity index (χ1) is 19.2. The minimum atomic E-state index is -0.130. The summed E-state index contributed by atoms with van der Waals surface area (Å²) in [7, 11) is 0. The summed E-state index contributed by atoms with van der Waals surface area (Å²) in [5.74, 6) is 0.860. The summed E-state index contributed by atoms with van der Waals surface area (Å²) in [6, 6.07) is 19.6. The third kappa shape index (κ3) is 7.10. The molecule has 7 heteroatoms. The van der Waals surface area contributed by atoms with Crippen molar-refractivity contribution in [2.45, 2.75) is 46.5 Å². The fourth-order valence-electron chi connectivity index (χ4n) is 5.30. The third-order valence-electron chi connectivity index (χ3n) is 7.20. The van der Waals surface area contributed by atoms with Crippen molar-refractivity contribution in [3.63, 3.8) is 0 Å². The highest BCUT2D eigenvalue weighted by Crippen LogP contribution is 2.30. The molecule has 206 valence electrons. The number of carbonyl (C=O) groups excluding carboxylic acids is 1. The maximum absolute atomic E-state index is 13.1. The number of nitrogens with one attached hydrogen (secondary N) is 2. The Bertz CT molecular complexity index is 1450. The standard InChI is InChI=1S/C33H38N6O/c1-23-9-14-28(19-30(23)38-32-35-17-15-29(37-32)26-7-5-16-34-20-26)36-31(40)25-12-10-24(11-13-25)27-8-6-18-39(21-27)22-33(2,3)4/h5,7,9-17,19-20,27H,6,8,18,21-22H2,1-4H3,(H,36,40)(H,35,37,38). The van der Waals surface area contributed by atoms with E-state index in [2.05, 4.69) is 63.4 Å². The Kier molecular flexibility index (Phi) is 8.21. The Morgan fingerprint density at radius 3 is 2.62 bits per heavy atom. The number of benzene rings is 2. The lowest BCUT2D eigenvalue weighted by molar-refractivity contribution is 0.102. The van der Waals surface area contributed by atoms with Gasteiger partial charge >= 0.3 is 0 Å². The maximum Gasteiger partial charge on any atom is 0.255 e. The Morgan fingerprint density at radius 2 is 1.88 bits per heavy atom. The largest absolute Gasteiger partial charge is 0.324 e. The quantitative estimate of drug-likeness (QED) is 0.264. The fraction of sp³-hybridized carbons (Fsp3) is 0.333. The van der Waals surface area contributed by atoms with Crippen molar-refractivity contribution in [2.75, 3.05) is 30.3 Å². The monoisotopic (exact) mass is 534 g/mol. The van der Waals surface area contributed by atoms with E-state index in [-0.39, 0.29) is 5.91 Å². The molecule has 1 aliphatic rings. The van der Waals surface area contributed by atoms with Gasteiger partial charge in [0, 0.05) is 54.2 Å². The van der Waals surface area contributed by atoms with Crippen LogP contribution in [0, 0.1) is 12.3 Å². The van der Waals surface area contributed by atoms with E-state index in [0.29, 0.717) is 28.5 Å². The molecule has 2 aromatic carbocycles. The maximum atomic E-state index is 13.1. The van der Waals surface area contributed by atoms with Crippen LogP contribution >= 0.6 is 0 Å². The summed E-state index contributed by atoms with van der Waals surface area (Å²) in [5.41, 5.74) is 6.51. The molecule has 2 aromatic heterocycles. The highest BCUT2D eigenvalue weighted by molar-refractivity contribution is 6.04. The molecule has 0 bridgehead atoms. The van der Waals surface area contributed by atoms with Gasteiger partial charge in [-0.2, -0.15) is 0 Å². The summed E-state index contributed by atoms with van der Waals surface area (Å²) in [5, 5.41) is 6.34. The Balaban J connectivity index is 1.24. The molecule has 3 heterocycles. The van der Waals surface area contributed by atoms with E-state index in [1.54, 1.807) is 18.6 Å². The molecule has 1 fully saturated rings. The average molecular weight is 535 g/mol. The molecule has 0 saturated carbocycles. The van der Waals surface area contributed by atoms with Gasteiger partial charge in [0.1, 0.15) is 0 Å². The summed E-state index contributed by atoms with van der Waals surface area (Å²) in [6.45, 7) is 12.3. The molecular weight excluding hydrogens is 496 g/mol. The first kappa shape index (κ1) is 27.5. The number of anilines is 3. The lowest BCUT2D eigenvalue weighted by Crippen LogP contribution is -2.39. The summed E-state index contributed by atoms with van der Waals surface area (Å²) >= 11 is 0. The minimum absolute atomic E-state index is 0.130. The molecule has 7 nitrogen and oxygen atoms in total. The van der Waals surface area contributed by atoms with Crippen molar-refractivity contribution >= 4 is 23.2 Å². The second-order valence-corrected chi connectivity index (χ2v) is 11.9. The van der Waals surface area contributed by atoms with Crippen LogP contribution in [0.2, 0.25) is 0 Å². The number of aromatic nitrogens is 3. The number of hydrogen-bond donors (Lipinski definition) is 2. The number of likely N-dealkylation sites (tertiary alicyclic amines) is 1. The smallest absolute Gasteiger partial charge is 0.255 e. The number of pyridine rings is 1. The first-order valence-corrected chi connectivity index (χ1v) is 14.0. The van der Waals surface area contributed by atoms with Crippen molar-refractivity contribution in [3.05, 3.63) is 95.9 Å². The van der Waals surface area contributed by atoms with E-state index in [0.717, 1.165) is 35.6 Å². The van der Waals surface area contributed by atoms with Crippen LogP contribution in [0.1, 0.15) is 61.0 Å². The molecule has 5 rings (SSSR count). The molecule has 40 heavy (non-hydrogen) atoms. The Labute approximate surface area is 237 Å². The molecule has 0 spiro atoms. The van der Waals surface area contributed by atoms with Gasteiger partial charge in [-0.05, 0) is 91.2 Å². The van der Waals surface area contributed by atoms with E-state index in [9.17, 15) is 4.79 Å². The number of nitrogens with zero attached hydrogens (tertiary/aromatic N) is 4. The highest BCUT2D eigenvalue weighted by Gasteiger charge is 2.24. The molecule has 0 aliphatic carbocycles. The SMILES string of the molecule is Cc1ccc(NC(=O)c2ccc(C3CCCN(CC(C)(C)C)C3)cc2)cc1Nc1nccc(-c2cccnc2)n1. The molecule has 2 N–H and O–H groups in total. The van der Waals surface area contributed by atoms with Gasteiger partial charge in [-0.1, -0.05) is 39.0 Å². The van der Waals surface area contributed by atoms with Crippen molar-refractivity contribution in [1.29, 1.82) is 0 Å². The molecule has 1 saturated heterocycles. The lowest BCUT2D eigenvalue weighted by Gasteiger charge is -2.36. The van der Waals surface area contributed by atoms with Crippen LogP contribution in [0.3, 0.4) is 0 Å². The summed E-state index contributed by atoms with van der Waals surface area (Å²) in [4.78, 5) is 28.9. The Hall–Kier alpha value is -4.10. The number of amides is 1. The van der Waals surface area contributed by atoms with Crippen molar-refractivity contribution in [1.82, 2.24) is 19.9 Å². The molecule has 1 amide bonds. The molecular formula is C33H38N6O. The first-order valence-electron chi connectivity index (χ1n) is 14.0. The van der Waals surface area contributed by atoms with Gasteiger partial charge in [0.15, 0.2) is 0 Å². The van der Waals surface area contributed by atoms with E-state index in [4.69, 9.17) is 0 Å². The topological polar surface area (TPSA) is 83.0 Å². The van der Waals surface area contributed by atoms with Crippen molar-refractivity contribution in [3.8, 4) is 11.3 Å². The summed E-state index contributed by atoms with van der Waals surface area (Å²) < 4.78 is 0. The van der Waals surface area contributed by atoms with Crippen LogP contribution in [0.15, 0.2) is 79.3 Å². The van der Waals surface area contributed by atoms with Crippen molar-refractivity contribution in [2.24, 2.45) is 5.41 Å². The van der Waals surface area contributed by atoms with E-state index < -0.39 is 0 Å². The van der Waals surface area contributed by atoms with E-state index in [1.807, 2.05) is 55.5 Å². The van der Waals surface area contributed by atoms with Crippen LogP contribution in [0.5, 0.6) is 0 Å². The predicted octanol–water partition coefficient (Wildman–Crippen LogP) is 7.07. The van der Waals surface area contributed by atoms with Gasteiger partial charge in [0.05, 0.1) is 5.69 Å². The molecule has 1 atom stereocenters. The van der Waals surface area contributed by atoms with Gasteiger partial charge in [-0.25, -0.2) is 9.97 Å². The lowest BCUT2D eigenvalue weighted by atomic mass is 9.88. The van der Waals surface area contributed by atoms with E-state index >= 15 is 0 Å². The third-order valence-corrected chi connectivity index (χ3v) is 7.20. The zero-order chi connectivity index (χ0) is 28.1. The number of piperidine rings is 1. The zero-order valence-corrected chi connectivity index (χ0v) is 23.8. The van der Waals surface area contributed by atoms with Gasteiger partial charge in [0.25, 0.3) is 5.91 Å². The second-order valence-electron chi connectivity index (χ2n) is 11.9. The molecule has 1 unspecified atom stereocenters. The van der Waals surface area contributed by atoms with E-state index in [1.165, 1.54) is 24.9 Å². The fourth-order valence-corrected chi connectivity index (χ4v) is 5.30. The number of carbonyl (C=O) groups is 1. The highest BCUT2D eigenvalue weighted by atomic mass is 16.1. The molecule has 1 aliphatic heterocycles. The average Bonchev–Trinajstić information content (AvgIpc) is 2.95. The second kappa shape index (κ2) is 12.0. The summed E-state index contributed by atoms with van der Waals surface area (Å²) in [6.07, 6.45) is 7.64. The molecule has 0 radical (unpaired) electrons. The predicted molar refractivity (Wildman–Crippen MR) is 162 cm³/mol. The van der Waals surface area contributed by atoms with Crippen LogP contribution < -0.4 is 10.6 Å². The van der Waals surface area contributed by atoms with Crippen molar-refractivity contribution < 1.29 is 4.79 Å². The van der Waals surface area contributed by atoms with Gasteiger partial charge < -0.3 is 15.5 Å². The van der Waals surface area contributed by atoms with Crippen LogP contribution in [0.4, 0.5) is 17.3 Å². The van der Waals surface area contributed by atoms with Gasteiger partial charge in [-0.15, -0.1) is 0 Å². The Morgan fingerprint density at radius 1 is 1.05 bits per heavy atom. The number of aryl methyl sites for hydroxylation is 1. The van der Waals surface area contributed by atoms with Gasteiger partial charge in [-0.3, -0.25) is 9.78 Å². The van der Waals surface area contributed by atoms with Crippen LogP contribution in [-0.4, -0.2) is 45.4 Å². The number of hydrogen-bond acceptors (Lipinski definition) is 6. The normalized spacial score (nSPS) is 15.9. The minimum Gasteiger partial charge on any atom is -0.324 e.